The number of carbonyl (C=O) groups is 1. The fourth-order valence-electron chi connectivity index (χ4n) is 2.23. The zero-order valence-electron chi connectivity index (χ0n) is 11.7. The molecule has 1 aliphatic heterocycles. The molecule has 1 amide bonds. The summed E-state index contributed by atoms with van der Waals surface area (Å²) < 4.78 is 0. The number of hydrogen-bond donors (Lipinski definition) is 1. The van der Waals surface area contributed by atoms with Crippen LogP contribution < -0.4 is 5.73 Å². The number of thiazole rings is 1. The van der Waals surface area contributed by atoms with Crippen molar-refractivity contribution in [3.63, 3.8) is 0 Å². The number of carbonyl (C=O) groups excluding carboxylic acids is 1. The number of nitrogens with two attached hydrogens (primary N) is 1. The lowest BCUT2D eigenvalue weighted by atomic mass is 10.0. The van der Waals surface area contributed by atoms with Gasteiger partial charge in [0.25, 0.3) is 5.91 Å². The molecule has 1 aromatic rings. The molecule has 20 heavy (non-hydrogen) atoms. The second-order valence-electron chi connectivity index (χ2n) is 4.84. The van der Waals surface area contributed by atoms with Crippen molar-refractivity contribution >= 4 is 42.1 Å². The first kappa shape index (κ1) is 19.6. The summed E-state index contributed by atoms with van der Waals surface area (Å²) in [6, 6.07) is 0.454. The van der Waals surface area contributed by atoms with Crippen LogP contribution >= 0.6 is 36.2 Å². The monoisotopic (exact) mass is 340 g/mol. The van der Waals surface area contributed by atoms with Crippen LogP contribution in [-0.2, 0) is 6.54 Å². The first-order chi connectivity index (χ1) is 8.61. The molecule has 2 N–H and O–H groups in total. The fourth-order valence-corrected chi connectivity index (χ4v) is 2.87. The molecule has 1 unspecified atom stereocenters. The van der Waals surface area contributed by atoms with Gasteiger partial charge >= 0.3 is 0 Å². The molecule has 1 saturated heterocycles. The zero-order valence-corrected chi connectivity index (χ0v) is 14.2. The lowest BCUT2D eigenvalue weighted by molar-refractivity contribution is 0.0630. The summed E-state index contributed by atoms with van der Waals surface area (Å²) in [6.07, 6.45) is 2.21. The Morgan fingerprint density at radius 3 is 2.80 bits per heavy atom. The Balaban J connectivity index is 0.00000180. The summed E-state index contributed by atoms with van der Waals surface area (Å²) in [4.78, 5) is 20.7. The van der Waals surface area contributed by atoms with E-state index in [9.17, 15) is 4.79 Å². The molecule has 1 aliphatic rings. The number of piperidine rings is 1. The van der Waals surface area contributed by atoms with E-state index in [1.807, 2.05) is 10.3 Å². The zero-order chi connectivity index (χ0) is 13.1. The average Bonchev–Trinajstić information content (AvgIpc) is 2.86. The highest BCUT2D eigenvalue weighted by Crippen LogP contribution is 2.17. The van der Waals surface area contributed by atoms with Gasteiger partial charge in [0, 0.05) is 31.1 Å². The first-order valence-corrected chi connectivity index (χ1v) is 7.10. The van der Waals surface area contributed by atoms with Gasteiger partial charge < -0.3 is 15.5 Å². The van der Waals surface area contributed by atoms with Crippen molar-refractivity contribution in [1.29, 1.82) is 0 Å². The number of hydrogen-bond acceptors (Lipinski definition) is 5. The smallest absolute Gasteiger partial charge is 0.273 e. The Morgan fingerprint density at radius 1 is 1.55 bits per heavy atom. The summed E-state index contributed by atoms with van der Waals surface area (Å²) in [5.74, 6) is 0.0394. The third-order valence-corrected chi connectivity index (χ3v) is 4.23. The Morgan fingerprint density at radius 2 is 2.25 bits per heavy atom. The van der Waals surface area contributed by atoms with Crippen molar-refractivity contribution < 1.29 is 4.79 Å². The van der Waals surface area contributed by atoms with Crippen molar-refractivity contribution in [3.05, 3.63) is 16.1 Å². The maximum Gasteiger partial charge on any atom is 0.273 e. The van der Waals surface area contributed by atoms with Crippen molar-refractivity contribution in [2.75, 3.05) is 27.2 Å². The Kier molecular flexibility index (Phi) is 8.62. The molecule has 2 heterocycles. The van der Waals surface area contributed by atoms with E-state index in [-0.39, 0.29) is 30.7 Å². The molecule has 116 valence electrons. The number of likely N-dealkylation sites (N-methyl/N-ethyl adjacent to an activating group) is 1. The van der Waals surface area contributed by atoms with E-state index in [0.717, 1.165) is 30.9 Å². The molecular weight excluding hydrogens is 319 g/mol. The van der Waals surface area contributed by atoms with Gasteiger partial charge in [-0.05, 0) is 26.9 Å². The van der Waals surface area contributed by atoms with Crippen LogP contribution in [0, 0.1) is 0 Å². The predicted octanol–water partition coefficient (Wildman–Crippen LogP) is 1.61. The Hall–Kier alpha value is -0.400. The fraction of sp³-hybridized carbons (Fsp3) is 0.667. The van der Waals surface area contributed by atoms with Crippen molar-refractivity contribution in [3.8, 4) is 0 Å². The van der Waals surface area contributed by atoms with Gasteiger partial charge in [-0.15, -0.1) is 36.2 Å². The second kappa shape index (κ2) is 8.79. The van der Waals surface area contributed by atoms with Gasteiger partial charge in [-0.1, -0.05) is 0 Å². The van der Waals surface area contributed by atoms with E-state index < -0.39 is 0 Å². The standard InChI is InChI=1S/C12H20N4OS.2ClH/c1-15(2)9-4-3-5-16(7-9)12(17)10-8-18-11(6-13)14-10;;/h8-9H,3-7,13H2,1-2H3;2*1H. The highest BCUT2D eigenvalue weighted by atomic mass is 35.5. The highest BCUT2D eigenvalue weighted by Gasteiger charge is 2.26. The van der Waals surface area contributed by atoms with Crippen LogP contribution in [0.1, 0.15) is 28.3 Å². The highest BCUT2D eigenvalue weighted by molar-refractivity contribution is 7.09. The van der Waals surface area contributed by atoms with E-state index in [0.29, 0.717) is 18.3 Å². The van der Waals surface area contributed by atoms with Gasteiger partial charge in [0.05, 0.1) is 0 Å². The van der Waals surface area contributed by atoms with Crippen LogP contribution in [0.5, 0.6) is 0 Å². The number of aromatic nitrogens is 1. The van der Waals surface area contributed by atoms with Gasteiger partial charge in [0.15, 0.2) is 0 Å². The minimum Gasteiger partial charge on any atom is -0.336 e. The van der Waals surface area contributed by atoms with E-state index >= 15 is 0 Å². The molecule has 1 atom stereocenters. The van der Waals surface area contributed by atoms with Crippen LogP contribution in [-0.4, -0.2) is 53.9 Å². The first-order valence-electron chi connectivity index (χ1n) is 6.22. The molecule has 0 aromatic carbocycles. The minimum atomic E-state index is 0. The molecule has 8 heteroatoms. The van der Waals surface area contributed by atoms with Crippen LogP contribution in [0.3, 0.4) is 0 Å². The molecule has 5 nitrogen and oxygen atoms in total. The van der Waals surface area contributed by atoms with Gasteiger partial charge in [0.1, 0.15) is 10.7 Å². The Bertz CT molecular complexity index is 427. The largest absolute Gasteiger partial charge is 0.336 e. The van der Waals surface area contributed by atoms with E-state index in [1.165, 1.54) is 11.3 Å². The topological polar surface area (TPSA) is 62.5 Å². The van der Waals surface area contributed by atoms with Crippen molar-refractivity contribution in [2.45, 2.75) is 25.4 Å². The number of halogens is 2. The molecule has 0 spiro atoms. The molecule has 0 radical (unpaired) electrons. The lowest BCUT2D eigenvalue weighted by Gasteiger charge is -2.35. The molecular formula is C12H22Cl2N4OS. The number of amides is 1. The maximum absolute atomic E-state index is 12.3. The van der Waals surface area contributed by atoms with Crippen molar-refractivity contribution in [1.82, 2.24) is 14.8 Å². The predicted molar refractivity (Wildman–Crippen MR) is 87.1 cm³/mol. The SMILES string of the molecule is CN(C)C1CCCN(C(=O)c2csc(CN)n2)C1.Cl.Cl. The summed E-state index contributed by atoms with van der Waals surface area (Å²) in [5.41, 5.74) is 6.06. The summed E-state index contributed by atoms with van der Waals surface area (Å²) in [6.45, 7) is 2.03. The normalized spacial score (nSPS) is 18.4. The third-order valence-electron chi connectivity index (χ3n) is 3.36. The molecule has 1 fully saturated rings. The number of nitrogens with zero attached hydrogens (tertiary/aromatic N) is 3. The van der Waals surface area contributed by atoms with E-state index in [2.05, 4.69) is 24.0 Å². The quantitative estimate of drug-likeness (QED) is 0.907. The van der Waals surface area contributed by atoms with Gasteiger partial charge in [-0.3, -0.25) is 4.79 Å². The summed E-state index contributed by atoms with van der Waals surface area (Å²) >= 11 is 1.45. The summed E-state index contributed by atoms with van der Waals surface area (Å²) in [5, 5.41) is 2.63. The average molecular weight is 341 g/mol. The Labute approximate surface area is 136 Å². The molecule has 0 bridgehead atoms. The third kappa shape index (κ3) is 4.56. The maximum atomic E-state index is 12.3. The van der Waals surface area contributed by atoms with Gasteiger partial charge in [-0.2, -0.15) is 0 Å². The second-order valence-corrected chi connectivity index (χ2v) is 5.78. The van der Waals surface area contributed by atoms with Gasteiger partial charge in [-0.25, -0.2) is 4.98 Å². The number of rotatable bonds is 3. The number of likely N-dealkylation sites (tertiary alicyclic amines) is 1. The molecule has 0 aliphatic carbocycles. The van der Waals surface area contributed by atoms with E-state index in [1.54, 1.807) is 0 Å². The molecule has 1 aromatic heterocycles. The van der Waals surface area contributed by atoms with Crippen molar-refractivity contribution in [2.24, 2.45) is 5.73 Å². The lowest BCUT2D eigenvalue weighted by Crippen LogP contribution is -2.47. The van der Waals surface area contributed by atoms with Crippen LogP contribution in [0.15, 0.2) is 5.38 Å². The van der Waals surface area contributed by atoms with Crippen LogP contribution in [0.4, 0.5) is 0 Å². The molecule has 2 rings (SSSR count). The molecule has 0 saturated carbocycles. The van der Waals surface area contributed by atoms with E-state index in [4.69, 9.17) is 5.73 Å². The van der Waals surface area contributed by atoms with Gasteiger partial charge in [0.2, 0.25) is 0 Å². The summed E-state index contributed by atoms with van der Waals surface area (Å²) in [7, 11) is 4.13. The minimum absolute atomic E-state index is 0. The van der Waals surface area contributed by atoms with Crippen LogP contribution in [0.25, 0.3) is 0 Å². The van der Waals surface area contributed by atoms with Crippen LogP contribution in [0.2, 0.25) is 0 Å².